The Labute approximate surface area is 85.3 Å². The second kappa shape index (κ2) is 4.45. The highest BCUT2D eigenvalue weighted by Crippen LogP contribution is 2.26. The number of anilines is 1. The first-order valence-corrected chi connectivity index (χ1v) is 5.10. The first-order chi connectivity index (χ1) is 6.60. The largest absolute Gasteiger partial charge is 0.388 e. The average Bonchev–Trinajstić information content (AvgIpc) is 2.16. The van der Waals surface area contributed by atoms with Crippen LogP contribution in [0, 0.1) is 5.82 Å². The van der Waals surface area contributed by atoms with E-state index in [2.05, 4.69) is 5.32 Å². The summed E-state index contributed by atoms with van der Waals surface area (Å²) in [5.41, 5.74) is 2.86. The lowest BCUT2D eigenvalue weighted by atomic mass is 9.98. The van der Waals surface area contributed by atoms with Crippen molar-refractivity contribution in [2.24, 2.45) is 0 Å². The molecule has 1 aromatic carbocycles. The van der Waals surface area contributed by atoms with Crippen LogP contribution in [0.15, 0.2) is 12.1 Å². The highest BCUT2D eigenvalue weighted by atomic mass is 19.1. The molecule has 0 bridgehead atoms. The summed E-state index contributed by atoms with van der Waals surface area (Å²) in [5, 5.41) is 3.10. The van der Waals surface area contributed by atoms with Crippen LogP contribution in [0.4, 0.5) is 10.1 Å². The van der Waals surface area contributed by atoms with E-state index in [4.69, 9.17) is 0 Å². The van der Waals surface area contributed by atoms with Crippen molar-refractivity contribution in [3.8, 4) is 0 Å². The Hall–Kier alpha value is -1.05. The second-order valence-corrected chi connectivity index (χ2v) is 3.79. The zero-order chi connectivity index (χ0) is 10.7. The van der Waals surface area contributed by atoms with Gasteiger partial charge in [-0.2, -0.15) is 0 Å². The molecule has 0 fully saturated rings. The minimum absolute atomic E-state index is 0.0872. The molecule has 0 aliphatic heterocycles. The standard InChI is InChI=1S/C12H18FN/c1-5-9-6-11(13)10(8(2)3)7-12(9)14-4/h6-8,14H,5H2,1-4H3. The maximum Gasteiger partial charge on any atom is 0.127 e. The molecule has 1 rings (SSSR count). The minimum atomic E-state index is -0.0872. The Kier molecular flexibility index (Phi) is 3.50. The number of hydrogen-bond acceptors (Lipinski definition) is 1. The van der Waals surface area contributed by atoms with Crippen LogP contribution in [0.2, 0.25) is 0 Å². The molecular formula is C12H18FN. The van der Waals surface area contributed by atoms with Gasteiger partial charge < -0.3 is 5.32 Å². The summed E-state index contributed by atoms with van der Waals surface area (Å²) in [6.45, 7) is 6.04. The first-order valence-electron chi connectivity index (χ1n) is 5.10. The maximum absolute atomic E-state index is 13.6. The van der Waals surface area contributed by atoms with E-state index in [1.165, 1.54) is 0 Å². The zero-order valence-corrected chi connectivity index (χ0v) is 9.32. The minimum Gasteiger partial charge on any atom is -0.388 e. The van der Waals surface area contributed by atoms with Gasteiger partial charge in [0.1, 0.15) is 5.82 Å². The van der Waals surface area contributed by atoms with Crippen LogP contribution < -0.4 is 5.32 Å². The van der Waals surface area contributed by atoms with Gasteiger partial charge >= 0.3 is 0 Å². The van der Waals surface area contributed by atoms with E-state index in [9.17, 15) is 4.39 Å². The summed E-state index contributed by atoms with van der Waals surface area (Å²) in [7, 11) is 1.87. The van der Waals surface area contributed by atoms with Crippen LogP contribution in [-0.2, 0) is 6.42 Å². The van der Waals surface area contributed by atoms with Crippen LogP contribution in [0.3, 0.4) is 0 Å². The van der Waals surface area contributed by atoms with Crippen molar-refractivity contribution in [1.29, 1.82) is 0 Å². The van der Waals surface area contributed by atoms with E-state index in [0.717, 1.165) is 23.2 Å². The van der Waals surface area contributed by atoms with Gasteiger partial charge in [0.2, 0.25) is 0 Å². The molecule has 0 saturated carbocycles. The SMILES string of the molecule is CCc1cc(F)c(C(C)C)cc1NC. The van der Waals surface area contributed by atoms with E-state index in [-0.39, 0.29) is 11.7 Å². The van der Waals surface area contributed by atoms with Gasteiger partial charge in [0, 0.05) is 12.7 Å². The normalized spacial score (nSPS) is 10.7. The number of rotatable bonds is 3. The van der Waals surface area contributed by atoms with Gasteiger partial charge in [-0.25, -0.2) is 4.39 Å². The third-order valence-corrected chi connectivity index (χ3v) is 2.49. The molecule has 0 spiro atoms. The van der Waals surface area contributed by atoms with Crippen molar-refractivity contribution in [3.05, 3.63) is 29.1 Å². The smallest absolute Gasteiger partial charge is 0.127 e. The Bertz CT molecular complexity index is 318. The van der Waals surface area contributed by atoms with Crippen molar-refractivity contribution in [2.75, 3.05) is 12.4 Å². The fourth-order valence-corrected chi connectivity index (χ4v) is 1.60. The van der Waals surface area contributed by atoms with Crippen molar-refractivity contribution >= 4 is 5.69 Å². The Morgan fingerprint density at radius 2 is 2.00 bits per heavy atom. The molecule has 0 atom stereocenters. The Morgan fingerprint density at radius 1 is 1.36 bits per heavy atom. The monoisotopic (exact) mass is 195 g/mol. The van der Waals surface area contributed by atoms with Crippen molar-refractivity contribution in [1.82, 2.24) is 0 Å². The maximum atomic E-state index is 13.6. The van der Waals surface area contributed by atoms with Crippen LogP contribution in [-0.4, -0.2) is 7.05 Å². The van der Waals surface area contributed by atoms with Crippen molar-refractivity contribution in [3.63, 3.8) is 0 Å². The average molecular weight is 195 g/mol. The molecule has 0 aromatic heterocycles. The van der Waals surface area contributed by atoms with Crippen LogP contribution in [0.5, 0.6) is 0 Å². The summed E-state index contributed by atoms with van der Waals surface area (Å²) in [4.78, 5) is 0. The first kappa shape index (κ1) is 11.0. The molecule has 0 unspecified atom stereocenters. The second-order valence-electron chi connectivity index (χ2n) is 3.79. The molecule has 14 heavy (non-hydrogen) atoms. The van der Waals surface area contributed by atoms with E-state index >= 15 is 0 Å². The lowest BCUT2D eigenvalue weighted by molar-refractivity contribution is 0.596. The molecule has 78 valence electrons. The number of hydrogen-bond donors (Lipinski definition) is 1. The van der Waals surface area contributed by atoms with E-state index in [0.29, 0.717) is 0 Å². The highest BCUT2D eigenvalue weighted by Gasteiger charge is 2.10. The molecule has 1 N–H and O–H groups in total. The lowest BCUT2D eigenvalue weighted by Crippen LogP contribution is -2.00. The van der Waals surface area contributed by atoms with Gasteiger partial charge in [0.15, 0.2) is 0 Å². The number of aryl methyl sites for hydroxylation is 1. The van der Waals surface area contributed by atoms with Crippen LogP contribution in [0.1, 0.15) is 37.8 Å². The Morgan fingerprint density at radius 3 is 2.43 bits per heavy atom. The van der Waals surface area contributed by atoms with E-state index in [1.807, 2.05) is 33.9 Å². The molecular weight excluding hydrogens is 177 g/mol. The van der Waals surface area contributed by atoms with Gasteiger partial charge in [0.05, 0.1) is 0 Å². The number of nitrogens with one attached hydrogen (secondary N) is 1. The summed E-state index contributed by atoms with van der Waals surface area (Å²) in [6, 6.07) is 3.56. The molecule has 0 saturated heterocycles. The predicted molar refractivity (Wildman–Crippen MR) is 59.4 cm³/mol. The third kappa shape index (κ3) is 2.06. The van der Waals surface area contributed by atoms with Gasteiger partial charge in [0.25, 0.3) is 0 Å². The summed E-state index contributed by atoms with van der Waals surface area (Å²) in [5.74, 6) is 0.142. The van der Waals surface area contributed by atoms with Crippen molar-refractivity contribution < 1.29 is 4.39 Å². The van der Waals surface area contributed by atoms with E-state index < -0.39 is 0 Å². The zero-order valence-electron chi connectivity index (χ0n) is 9.32. The molecule has 1 aromatic rings. The number of benzene rings is 1. The molecule has 0 aliphatic rings. The lowest BCUT2D eigenvalue weighted by Gasteiger charge is -2.13. The third-order valence-electron chi connectivity index (χ3n) is 2.49. The topological polar surface area (TPSA) is 12.0 Å². The predicted octanol–water partition coefficient (Wildman–Crippen LogP) is 3.55. The molecule has 0 amide bonds. The summed E-state index contributed by atoms with van der Waals surface area (Å²) < 4.78 is 13.6. The Balaban J connectivity index is 3.23. The molecule has 1 nitrogen and oxygen atoms in total. The van der Waals surface area contributed by atoms with Crippen LogP contribution >= 0.6 is 0 Å². The van der Waals surface area contributed by atoms with Crippen LogP contribution in [0.25, 0.3) is 0 Å². The van der Waals surface area contributed by atoms with Gasteiger partial charge in [-0.05, 0) is 35.6 Å². The highest BCUT2D eigenvalue weighted by molar-refractivity contribution is 5.53. The fourth-order valence-electron chi connectivity index (χ4n) is 1.60. The van der Waals surface area contributed by atoms with Crippen molar-refractivity contribution in [2.45, 2.75) is 33.1 Å². The summed E-state index contributed by atoms with van der Waals surface area (Å²) in [6.07, 6.45) is 0.853. The summed E-state index contributed by atoms with van der Waals surface area (Å²) >= 11 is 0. The molecule has 0 heterocycles. The van der Waals surface area contributed by atoms with Gasteiger partial charge in [-0.1, -0.05) is 20.8 Å². The molecule has 2 heteroatoms. The number of halogens is 1. The fraction of sp³-hybridized carbons (Fsp3) is 0.500. The van der Waals surface area contributed by atoms with E-state index in [1.54, 1.807) is 6.07 Å². The van der Waals surface area contributed by atoms with Gasteiger partial charge in [-0.3, -0.25) is 0 Å². The quantitative estimate of drug-likeness (QED) is 0.777. The molecule has 0 radical (unpaired) electrons. The molecule has 0 aliphatic carbocycles. The van der Waals surface area contributed by atoms with Gasteiger partial charge in [-0.15, -0.1) is 0 Å².